The summed E-state index contributed by atoms with van der Waals surface area (Å²) in [4.78, 5) is 10.3. The smallest absolute Gasteiger partial charge is 0.120 e. The molecule has 0 aromatic carbocycles. The van der Waals surface area contributed by atoms with Gasteiger partial charge in [-0.1, -0.05) is 12.1 Å². The van der Waals surface area contributed by atoms with Crippen LogP contribution in [0.1, 0.15) is 20.3 Å². The summed E-state index contributed by atoms with van der Waals surface area (Å²) < 4.78 is 5.26. The Labute approximate surface area is 60.7 Å². The lowest BCUT2D eigenvalue weighted by molar-refractivity contribution is -0.00938. The van der Waals surface area contributed by atoms with Gasteiger partial charge in [-0.25, -0.2) is 0 Å². The van der Waals surface area contributed by atoms with Crippen LogP contribution >= 0.6 is 0 Å². The predicted octanol–water partition coefficient (Wildman–Crippen LogP) is 1.57. The number of nitrogens with zero attached hydrogens (tertiary/aromatic N) is 1. The van der Waals surface area contributed by atoms with Crippen molar-refractivity contribution in [1.29, 1.82) is 0 Å². The highest BCUT2D eigenvalue weighted by Gasteiger charge is 2.29. The highest BCUT2D eigenvalue weighted by molar-refractivity contribution is 4.81. The molecule has 0 radical (unpaired) electrons. The van der Waals surface area contributed by atoms with Crippen molar-refractivity contribution < 1.29 is 4.74 Å². The molecule has 1 aliphatic heterocycles. The molecule has 0 bridgehead atoms. The Balaban J connectivity index is 2.53. The molecule has 0 aromatic heterocycles. The Morgan fingerprint density at radius 3 is 2.60 bits per heavy atom. The van der Waals surface area contributed by atoms with E-state index in [1.165, 1.54) is 0 Å². The van der Waals surface area contributed by atoms with E-state index >= 15 is 0 Å². The molecule has 0 unspecified atom stereocenters. The van der Waals surface area contributed by atoms with E-state index in [0.29, 0.717) is 5.92 Å². The third kappa shape index (κ3) is 1.34. The van der Waals surface area contributed by atoms with E-state index in [9.17, 15) is 4.91 Å². The molecule has 0 amide bonds. The number of ether oxygens (including phenoxy) is 1. The van der Waals surface area contributed by atoms with Crippen molar-refractivity contribution in [1.82, 2.24) is 0 Å². The van der Waals surface area contributed by atoms with Crippen LogP contribution in [0, 0.1) is 10.8 Å². The lowest BCUT2D eigenvalue weighted by Crippen LogP contribution is -2.36. The SMILES string of the molecule is C[C@@H]1CCO[C@H](C)[C@@H]1N=O. The topological polar surface area (TPSA) is 38.7 Å². The monoisotopic (exact) mass is 143 g/mol. The normalized spacial score (nSPS) is 41.2. The Morgan fingerprint density at radius 2 is 2.20 bits per heavy atom. The van der Waals surface area contributed by atoms with Crippen LogP contribution in [0.4, 0.5) is 0 Å². The molecule has 1 rings (SSSR count). The number of hydrogen-bond acceptors (Lipinski definition) is 3. The third-order valence-electron chi connectivity index (χ3n) is 2.14. The van der Waals surface area contributed by atoms with Crippen molar-refractivity contribution in [3.8, 4) is 0 Å². The second-order valence-corrected chi connectivity index (χ2v) is 2.94. The molecule has 58 valence electrons. The molecule has 0 aromatic rings. The van der Waals surface area contributed by atoms with E-state index in [-0.39, 0.29) is 12.1 Å². The summed E-state index contributed by atoms with van der Waals surface area (Å²) in [6.45, 7) is 4.72. The fraction of sp³-hybridized carbons (Fsp3) is 1.00. The second-order valence-electron chi connectivity index (χ2n) is 2.94. The zero-order valence-electron chi connectivity index (χ0n) is 6.41. The summed E-state index contributed by atoms with van der Waals surface area (Å²) in [6.07, 6.45) is 0.974. The first kappa shape index (κ1) is 7.66. The summed E-state index contributed by atoms with van der Waals surface area (Å²) in [5.74, 6) is 0.390. The van der Waals surface area contributed by atoms with Crippen molar-refractivity contribution in [3.63, 3.8) is 0 Å². The molecular weight excluding hydrogens is 130 g/mol. The van der Waals surface area contributed by atoms with Crippen molar-refractivity contribution in [3.05, 3.63) is 4.91 Å². The van der Waals surface area contributed by atoms with Crippen LogP contribution in [0.3, 0.4) is 0 Å². The van der Waals surface area contributed by atoms with Gasteiger partial charge in [-0.15, -0.1) is 0 Å². The molecule has 1 aliphatic rings. The molecule has 3 atom stereocenters. The number of rotatable bonds is 1. The zero-order chi connectivity index (χ0) is 7.56. The average molecular weight is 143 g/mol. The summed E-state index contributed by atoms with van der Waals surface area (Å²) in [6, 6.07) is -0.131. The fourth-order valence-electron chi connectivity index (χ4n) is 1.36. The maximum Gasteiger partial charge on any atom is 0.120 e. The molecular formula is C7H13NO2. The molecule has 0 saturated carbocycles. The maximum absolute atomic E-state index is 10.3. The summed E-state index contributed by atoms with van der Waals surface area (Å²) in [5, 5.41) is 3.03. The predicted molar refractivity (Wildman–Crippen MR) is 38.8 cm³/mol. The molecule has 3 nitrogen and oxygen atoms in total. The first-order valence-electron chi connectivity index (χ1n) is 3.69. The van der Waals surface area contributed by atoms with Crippen molar-refractivity contribution in [2.45, 2.75) is 32.4 Å². The maximum atomic E-state index is 10.3. The van der Waals surface area contributed by atoms with Crippen LogP contribution in [0.2, 0.25) is 0 Å². The Hall–Kier alpha value is -0.440. The van der Waals surface area contributed by atoms with Crippen molar-refractivity contribution in [2.24, 2.45) is 11.1 Å². The van der Waals surface area contributed by atoms with Gasteiger partial charge in [0.15, 0.2) is 0 Å². The number of nitroso groups, excluding NO2 is 1. The van der Waals surface area contributed by atoms with E-state index in [1.54, 1.807) is 0 Å². The second kappa shape index (κ2) is 3.10. The molecule has 0 N–H and O–H groups in total. The van der Waals surface area contributed by atoms with Gasteiger partial charge < -0.3 is 4.74 Å². The number of hydrogen-bond donors (Lipinski definition) is 0. The van der Waals surface area contributed by atoms with Gasteiger partial charge in [0.25, 0.3) is 0 Å². The molecule has 1 heterocycles. The molecule has 1 saturated heterocycles. The summed E-state index contributed by atoms with van der Waals surface area (Å²) >= 11 is 0. The van der Waals surface area contributed by atoms with Crippen LogP contribution in [-0.4, -0.2) is 18.8 Å². The van der Waals surface area contributed by atoms with E-state index in [4.69, 9.17) is 4.74 Å². The average Bonchev–Trinajstić information content (AvgIpc) is 1.88. The van der Waals surface area contributed by atoms with Gasteiger partial charge in [0.2, 0.25) is 0 Å². The first-order chi connectivity index (χ1) is 4.75. The zero-order valence-corrected chi connectivity index (χ0v) is 6.41. The van der Waals surface area contributed by atoms with Crippen LogP contribution in [0.5, 0.6) is 0 Å². The van der Waals surface area contributed by atoms with Crippen LogP contribution < -0.4 is 0 Å². The highest BCUT2D eigenvalue weighted by Crippen LogP contribution is 2.22. The quantitative estimate of drug-likeness (QED) is 0.522. The summed E-state index contributed by atoms with van der Waals surface area (Å²) in [5.41, 5.74) is 0. The fourth-order valence-corrected chi connectivity index (χ4v) is 1.36. The van der Waals surface area contributed by atoms with Gasteiger partial charge in [0, 0.05) is 6.61 Å². The largest absolute Gasteiger partial charge is 0.376 e. The Morgan fingerprint density at radius 1 is 1.50 bits per heavy atom. The molecule has 1 fully saturated rings. The van der Waals surface area contributed by atoms with E-state index in [2.05, 4.69) is 5.18 Å². The molecule has 3 heteroatoms. The van der Waals surface area contributed by atoms with E-state index in [1.807, 2.05) is 13.8 Å². The van der Waals surface area contributed by atoms with Crippen molar-refractivity contribution >= 4 is 0 Å². The summed E-state index contributed by atoms with van der Waals surface area (Å²) in [7, 11) is 0. The highest BCUT2D eigenvalue weighted by atomic mass is 16.5. The minimum Gasteiger partial charge on any atom is -0.376 e. The van der Waals surface area contributed by atoms with Gasteiger partial charge in [0.05, 0.1) is 6.10 Å². The van der Waals surface area contributed by atoms with Crippen molar-refractivity contribution in [2.75, 3.05) is 6.61 Å². The van der Waals surface area contributed by atoms with Gasteiger partial charge >= 0.3 is 0 Å². The molecule has 0 spiro atoms. The van der Waals surface area contributed by atoms with E-state index < -0.39 is 0 Å². The van der Waals surface area contributed by atoms with Gasteiger partial charge in [0.1, 0.15) is 6.04 Å². The molecule has 10 heavy (non-hydrogen) atoms. The minimum absolute atomic E-state index is 0.0150. The van der Waals surface area contributed by atoms with Gasteiger partial charge in [-0.05, 0) is 19.3 Å². The third-order valence-corrected chi connectivity index (χ3v) is 2.14. The Bertz CT molecular complexity index is 117. The van der Waals surface area contributed by atoms with Crippen LogP contribution in [-0.2, 0) is 4.74 Å². The van der Waals surface area contributed by atoms with Crippen LogP contribution in [0.25, 0.3) is 0 Å². The standard InChI is InChI=1S/C7H13NO2/c1-5-3-4-10-6(2)7(5)8-9/h5-7H,3-4H2,1-2H3/t5-,6-,7-/m1/s1. The first-order valence-corrected chi connectivity index (χ1v) is 3.69. The molecule has 0 aliphatic carbocycles. The lowest BCUT2D eigenvalue weighted by atomic mass is 9.93. The van der Waals surface area contributed by atoms with Crippen LogP contribution in [0.15, 0.2) is 5.18 Å². The van der Waals surface area contributed by atoms with E-state index in [0.717, 1.165) is 13.0 Å². The lowest BCUT2D eigenvalue weighted by Gasteiger charge is -2.29. The van der Waals surface area contributed by atoms with Gasteiger partial charge in [-0.2, -0.15) is 4.91 Å². The Kier molecular flexibility index (Phi) is 2.38. The minimum atomic E-state index is -0.131. The van der Waals surface area contributed by atoms with Gasteiger partial charge in [-0.3, -0.25) is 0 Å².